The molecule has 1 amide bonds. The molecule has 0 unspecified atom stereocenters. The minimum absolute atomic E-state index is 0.410. The van der Waals surface area contributed by atoms with Crippen LogP contribution in [0.25, 0.3) is 0 Å². The Kier molecular flexibility index (Phi) is 4.16. The van der Waals surface area contributed by atoms with E-state index in [1.807, 2.05) is 28.0 Å². The van der Waals surface area contributed by atoms with E-state index in [0.29, 0.717) is 17.4 Å². The number of amides is 1. The van der Waals surface area contributed by atoms with Crippen molar-refractivity contribution in [3.63, 3.8) is 0 Å². The fourth-order valence-electron chi connectivity index (χ4n) is 3.41. The number of carbonyl (C=O) groups excluding carboxylic acids is 1. The highest BCUT2D eigenvalue weighted by Gasteiger charge is 2.31. The van der Waals surface area contributed by atoms with Gasteiger partial charge in [0.15, 0.2) is 5.82 Å². The molecule has 0 radical (unpaired) electrons. The van der Waals surface area contributed by atoms with Crippen molar-refractivity contribution in [2.75, 3.05) is 28.3 Å². The van der Waals surface area contributed by atoms with E-state index < -0.39 is 5.91 Å². The summed E-state index contributed by atoms with van der Waals surface area (Å²) in [7, 11) is 0. The van der Waals surface area contributed by atoms with E-state index in [2.05, 4.69) is 22.2 Å². The molecule has 134 valence electrons. The van der Waals surface area contributed by atoms with Crippen molar-refractivity contribution in [3.05, 3.63) is 52.7 Å². The molecule has 0 spiro atoms. The lowest BCUT2D eigenvalue weighted by atomic mass is 10.1. The lowest BCUT2D eigenvalue weighted by molar-refractivity contribution is -0.114. The Bertz CT molecular complexity index is 913. The summed E-state index contributed by atoms with van der Waals surface area (Å²) >= 11 is 6.20. The average molecular weight is 371 g/mol. The third-order valence-electron chi connectivity index (χ3n) is 4.68. The van der Waals surface area contributed by atoms with Crippen LogP contribution in [0, 0.1) is 0 Å². The summed E-state index contributed by atoms with van der Waals surface area (Å²) in [5, 5.41) is 3.94. The van der Waals surface area contributed by atoms with E-state index in [9.17, 15) is 4.79 Å². The summed E-state index contributed by atoms with van der Waals surface area (Å²) in [4.78, 5) is 24.6. The van der Waals surface area contributed by atoms with Crippen molar-refractivity contribution in [1.82, 2.24) is 9.97 Å². The van der Waals surface area contributed by atoms with Crippen LogP contribution in [0.3, 0.4) is 0 Å². The van der Waals surface area contributed by atoms with E-state index in [0.717, 1.165) is 47.8 Å². The molecule has 0 atom stereocenters. The second-order valence-corrected chi connectivity index (χ2v) is 6.68. The Morgan fingerprint density at radius 3 is 3.00 bits per heavy atom. The quantitative estimate of drug-likeness (QED) is 0.858. The number of benzene rings is 1. The second kappa shape index (κ2) is 6.49. The molecule has 1 aromatic carbocycles. The Morgan fingerprint density at radius 2 is 2.23 bits per heavy atom. The Labute approximate surface area is 156 Å². The minimum Gasteiger partial charge on any atom is -0.380 e. The molecular weight excluding hydrogens is 352 g/mol. The summed E-state index contributed by atoms with van der Waals surface area (Å²) in [5.41, 5.74) is 9.93. The first-order valence-electron chi connectivity index (χ1n) is 8.50. The summed E-state index contributed by atoms with van der Waals surface area (Å²) in [6.45, 7) is 3.32. The summed E-state index contributed by atoms with van der Waals surface area (Å²) < 4.78 is 0. The van der Waals surface area contributed by atoms with Gasteiger partial charge in [-0.05, 0) is 24.1 Å². The number of hydrogen-bond acceptors (Lipinski definition) is 6. The number of primary amides is 1. The number of nitrogens with one attached hydrogen (secondary N) is 1. The van der Waals surface area contributed by atoms with E-state index in [1.165, 1.54) is 0 Å². The van der Waals surface area contributed by atoms with Crippen LogP contribution in [0.1, 0.15) is 18.2 Å². The van der Waals surface area contributed by atoms with Crippen molar-refractivity contribution in [2.24, 2.45) is 5.73 Å². The normalized spacial score (nSPS) is 15.7. The molecule has 0 fully saturated rings. The standard InChI is InChI=1S/C18H19ClN6O/c1-2-11-3-4-12(19)7-14(11)25-10-24(8-15(25)17(20)26)18-16-13(5-6-21-16)22-9-23-18/h3-4,7-9,21H,2,5-6,10H2,1H3,(H2,20,26). The van der Waals surface area contributed by atoms with Gasteiger partial charge in [0.2, 0.25) is 0 Å². The molecule has 4 rings (SSSR count). The van der Waals surface area contributed by atoms with Gasteiger partial charge in [0.25, 0.3) is 5.91 Å². The third kappa shape index (κ3) is 2.74. The number of hydrogen-bond donors (Lipinski definition) is 2. The van der Waals surface area contributed by atoms with E-state index in [4.69, 9.17) is 17.3 Å². The van der Waals surface area contributed by atoms with Gasteiger partial charge in [0.05, 0.1) is 11.4 Å². The topological polar surface area (TPSA) is 87.4 Å². The van der Waals surface area contributed by atoms with Crippen molar-refractivity contribution < 1.29 is 4.79 Å². The largest absolute Gasteiger partial charge is 0.380 e. The number of carbonyl (C=O) groups is 1. The zero-order valence-electron chi connectivity index (χ0n) is 14.4. The third-order valence-corrected chi connectivity index (χ3v) is 4.91. The number of aromatic nitrogens is 2. The lowest BCUT2D eigenvalue weighted by Crippen LogP contribution is -2.32. The molecule has 8 heteroatoms. The number of fused-ring (bicyclic) bond motifs is 1. The molecule has 26 heavy (non-hydrogen) atoms. The number of anilines is 3. The van der Waals surface area contributed by atoms with Gasteiger partial charge in [0.1, 0.15) is 18.7 Å². The van der Waals surface area contributed by atoms with Gasteiger partial charge in [-0.1, -0.05) is 24.6 Å². The molecule has 2 aromatic rings. The summed E-state index contributed by atoms with van der Waals surface area (Å²) in [6, 6.07) is 5.69. The smallest absolute Gasteiger partial charge is 0.266 e. The van der Waals surface area contributed by atoms with E-state index in [-0.39, 0.29) is 0 Å². The van der Waals surface area contributed by atoms with E-state index >= 15 is 0 Å². The number of nitrogens with zero attached hydrogens (tertiary/aromatic N) is 4. The van der Waals surface area contributed by atoms with Crippen molar-refractivity contribution in [2.45, 2.75) is 19.8 Å². The van der Waals surface area contributed by atoms with Gasteiger partial charge in [-0.3, -0.25) is 4.79 Å². The predicted octanol–water partition coefficient (Wildman–Crippen LogP) is 2.27. The van der Waals surface area contributed by atoms with Crippen molar-refractivity contribution >= 4 is 34.7 Å². The fourth-order valence-corrected chi connectivity index (χ4v) is 3.58. The van der Waals surface area contributed by atoms with Crippen LogP contribution in [0.2, 0.25) is 5.02 Å². The van der Waals surface area contributed by atoms with Crippen LogP contribution < -0.4 is 20.9 Å². The predicted molar refractivity (Wildman–Crippen MR) is 102 cm³/mol. The zero-order valence-corrected chi connectivity index (χ0v) is 15.1. The first-order chi connectivity index (χ1) is 12.6. The number of nitrogens with two attached hydrogens (primary N) is 1. The van der Waals surface area contributed by atoms with Gasteiger partial charge in [-0.25, -0.2) is 9.97 Å². The highest BCUT2D eigenvalue weighted by molar-refractivity contribution is 6.31. The Hall–Kier alpha value is -2.80. The maximum atomic E-state index is 12.1. The molecule has 2 aliphatic heterocycles. The van der Waals surface area contributed by atoms with Crippen LogP contribution in [0.15, 0.2) is 36.4 Å². The number of rotatable bonds is 4. The Morgan fingerprint density at radius 1 is 1.38 bits per heavy atom. The van der Waals surface area contributed by atoms with Crippen molar-refractivity contribution in [3.8, 4) is 0 Å². The molecule has 0 aliphatic carbocycles. The van der Waals surface area contributed by atoms with Gasteiger partial charge in [0, 0.05) is 29.9 Å². The molecule has 7 nitrogen and oxygen atoms in total. The van der Waals surface area contributed by atoms with Gasteiger partial charge in [-0.2, -0.15) is 0 Å². The molecule has 2 aliphatic rings. The lowest BCUT2D eigenvalue weighted by Gasteiger charge is -2.25. The molecule has 0 bridgehead atoms. The Balaban J connectivity index is 1.76. The first-order valence-corrected chi connectivity index (χ1v) is 8.88. The zero-order chi connectivity index (χ0) is 18.3. The maximum Gasteiger partial charge on any atom is 0.266 e. The highest BCUT2D eigenvalue weighted by Crippen LogP contribution is 2.36. The van der Waals surface area contributed by atoms with E-state index in [1.54, 1.807) is 12.5 Å². The van der Waals surface area contributed by atoms with Crippen LogP contribution in [0.4, 0.5) is 17.2 Å². The van der Waals surface area contributed by atoms with Gasteiger partial charge in [-0.15, -0.1) is 0 Å². The summed E-state index contributed by atoms with van der Waals surface area (Å²) in [6.07, 6.45) is 4.98. The average Bonchev–Trinajstić information content (AvgIpc) is 3.28. The summed E-state index contributed by atoms with van der Waals surface area (Å²) in [5.74, 6) is 0.252. The number of halogens is 1. The van der Waals surface area contributed by atoms with Crippen LogP contribution >= 0.6 is 11.6 Å². The SMILES string of the molecule is CCc1ccc(Cl)cc1N1CN(c2ncnc3c2NCC3)C=C1C(N)=O. The van der Waals surface area contributed by atoms with Crippen LogP contribution in [-0.4, -0.2) is 29.1 Å². The highest BCUT2D eigenvalue weighted by atomic mass is 35.5. The first kappa shape index (κ1) is 16.7. The molecule has 0 saturated heterocycles. The van der Waals surface area contributed by atoms with Gasteiger partial charge >= 0.3 is 0 Å². The van der Waals surface area contributed by atoms with Gasteiger partial charge < -0.3 is 20.9 Å². The molecule has 0 saturated carbocycles. The number of aryl methyl sites for hydroxylation is 1. The second-order valence-electron chi connectivity index (χ2n) is 6.24. The molecule has 3 heterocycles. The molecule has 3 N–H and O–H groups in total. The van der Waals surface area contributed by atoms with Crippen LogP contribution in [0.5, 0.6) is 0 Å². The monoisotopic (exact) mass is 370 g/mol. The molecular formula is C18H19ClN6O. The van der Waals surface area contributed by atoms with Crippen molar-refractivity contribution in [1.29, 1.82) is 0 Å². The fraction of sp³-hybridized carbons (Fsp3) is 0.278. The minimum atomic E-state index is -0.492. The van der Waals surface area contributed by atoms with Crippen LogP contribution in [-0.2, 0) is 17.6 Å². The molecule has 1 aromatic heterocycles. The maximum absolute atomic E-state index is 12.1.